The van der Waals surface area contributed by atoms with Gasteiger partial charge in [-0.1, -0.05) is 4.57 Å². The highest BCUT2D eigenvalue weighted by molar-refractivity contribution is 7.65. The lowest BCUT2D eigenvalue weighted by atomic mass is 10.8. The highest BCUT2D eigenvalue weighted by atomic mass is 31.1. The van der Waals surface area contributed by atoms with Gasteiger partial charge in [-0.3, -0.25) is 4.99 Å². The molecule has 0 bridgehead atoms. The van der Waals surface area contributed by atoms with Gasteiger partial charge in [0.05, 0.1) is 0 Å². The second-order valence-electron chi connectivity index (χ2n) is 2.61. The third-order valence-electron chi connectivity index (χ3n) is 1.56. The van der Waals surface area contributed by atoms with E-state index in [1.54, 1.807) is 14.0 Å². The lowest BCUT2D eigenvalue weighted by Gasteiger charge is -1.79. The molecule has 1 atom stereocenters. The molecule has 0 aromatic heterocycles. The fraction of sp³-hybridized carbons (Fsp3) is 0.714. The van der Waals surface area contributed by atoms with Crippen molar-refractivity contribution in [3.63, 3.8) is 0 Å². The first-order valence-corrected chi connectivity index (χ1v) is 5.00. The fourth-order valence-electron chi connectivity index (χ4n) is 0.771. The lowest BCUT2D eigenvalue weighted by molar-refractivity contribution is 0.593. The third kappa shape index (κ3) is 2.51. The van der Waals surface area contributed by atoms with E-state index < -0.39 is 7.80 Å². The molecule has 11 heavy (non-hydrogen) atoms. The van der Waals surface area contributed by atoms with Crippen molar-refractivity contribution in [1.29, 1.82) is 0 Å². The molecule has 0 N–H and O–H groups in total. The Morgan fingerprint density at radius 3 is 2.73 bits per heavy atom. The zero-order valence-corrected chi connectivity index (χ0v) is 7.71. The van der Waals surface area contributed by atoms with Crippen molar-refractivity contribution in [3.05, 3.63) is 0 Å². The van der Waals surface area contributed by atoms with E-state index in [1.165, 1.54) is 6.34 Å². The molecule has 1 unspecified atom stereocenters. The normalized spacial score (nSPS) is 20.9. The van der Waals surface area contributed by atoms with E-state index in [1.807, 2.05) is 0 Å². The van der Waals surface area contributed by atoms with Crippen LogP contribution in [0.5, 0.6) is 0 Å². The summed E-state index contributed by atoms with van der Waals surface area (Å²) in [7, 11) is 0.461. The van der Waals surface area contributed by atoms with E-state index >= 15 is 0 Å². The Labute approximate surface area is 67.4 Å². The van der Waals surface area contributed by atoms with E-state index in [0.717, 1.165) is 18.3 Å². The SMILES string of the molecule is CN=CN=C(C)[P+](=O)C1CC1. The van der Waals surface area contributed by atoms with Gasteiger partial charge in [0, 0.05) is 14.0 Å². The van der Waals surface area contributed by atoms with Crippen LogP contribution in [0.1, 0.15) is 19.8 Å². The Kier molecular flexibility index (Phi) is 2.89. The molecule has 1 rings (SSSR count). The number of aliphatic imine (C=N–C) groups is 2. The highest BCUT2D eigenvalue weighted by Crippen LogP contribution is 2.45. The Morgan fingerprint density at radius 2 is 2.27 bits per heavy atom. The second-order valence-corrected chi connectivity index (χ2v) is 4.64. The van der Waals surface area contributed by atoms with Crippen LogP contribution >= 0.6 is 7.80 Å². The summed E-state index contributed by atoms with van der Waals surface area (Å²) < 4.78 is 11.4. The minimum Gasteiger partial charge on any atom is -0.277 e. The van der Waals surface area contributed by atoms with Gasteiger partial charge in [0.1, 0.15) is 6.34 Å². The number of hydrogen-bond donors (Lipinski definition) is 0. The lowest BCUT2D eigenvalue weighted by Crippen LogP contribution is -1.87. The fourth-order valence-corrected chi connectivity index (χ4v) is 2.08. The van der Waals surface area contributed by atoms with Gasteiger partial charge in [0.15, 0.2) is 5.66 Å². The topological polar surface area (TPSA) is 41.8 Å². The zero-order chi connectivity index (χ0) is 8.27. The van der Waals surface area contributed by atoms with Crippen LogP contribution in [0.25, 0.3) is 0 Å². The van der Waals surface area contributed by atoms with Crippen LogP contribution in [-0.4, -0.2) is 24.5 Å². The van der Waals surface area contributed by atoms with Gasteiger partial charge in [0.25, 0.3) is 5.45 Å². The van der Waals surface area contributed by atoms with Gasteiger partial charge < -0.3 is 0 Å². The first kappa shape index (κ1) is 8.54. The molecule has 1 fully saturated rings. The largest absolute Gasteiger partial charge is 0.395 e. The molecular weight excluding hydrogens is 159 g/mol. The Morgan fingerprint density at radius 1 is 1.64 bits per heavy atom. The monoisotopic (exact) mass is 171 g/mol. The minimum atomic E-state index is -1.19. The average molecular weight is 171 g/mol. The number of nitrogens with zero attached hydrogens (tertiary/aromatic N) is 2. The molecule has 1 saturated carbocycles. The molecule has 0 aliphatic heterocycles. The number of rotatable bonds is 3. The molecular formula is C7H12N2OP+. The highest BCUT2D eigenvalue weighted by Gasteiger charge is 2.43. The van der Waals surface area contributed by atoms with Gasteiger partial charge in [-0.05, 0) is 12.8 Å². The van der Waals surface area contributed by atoms with Gasteiger partial charge in [-0.2, -0.15) is 4.99 Å². The second kappa shape index (κ2) is 3.72. The van der Waals surface area contributed by atoms with Crippen LogP contribution in [0.4, 0.5) is 0 Å². The molecule has 60 valence electrons. The van der Waals surface area contributed by atoms with Gasteiger partial charge in [-0.25, -0.2) is 0 Å². The summed E-state index contributed by atoms with van der Waals surface area (Å²) >= 11 is 0. The molecule has 0 aromatic rings. The molecule has 1 aliphatic rings. The molecule has 4 heteroatoms. The maximum absolute atomic E-state index is 11.4. The molecule has 0 radical (unpaired) electrons. The van der Waals surface area contributed by atoms with Gasteiger partial charge >= 0.3 is 7.80 Å². The maximum Gasteiger partial charge on any atom is 0.395 e. The summed E-state index contributed by atoms with van der Waals surface area (Å²) in [5.41, 5.74) is 1.15. The Hall–Kier alpha value is -0.560. The quantitative estimate of drug-likeness (QED) is 0.364. The molecule has 0 spiro atoms. The van der Waals surface area contributed by atoms with Gasteiger partial charge in [-0.15, -0.1) is 0 Å². The van der Waals surface area contributed by atoms with Crippen LogP contribution in [-0.2, 0) is 4.57 Å². The van der Waals surface area contributed by atoms with Crippen LogP contribution in [0.15, 0.2) is 9.98 Å². The first-order valence-electron chi connectivity index (χ1n) is 3.67. The zero-order valence-electron chi connectivity index (χ0n) is 6.82. The molecule has 3 nitrogen and oxygen atoms in total. The van der Waals surface area contributed by atoms with Crippen molar-refractivity contribution in [2.24, 2.45) is 9.98 Å². The first-order chi connectivity index (χ1) is 5.25. The van der Waals surface area contributed by atoms with E-state index in [9.17, 15) is 4.57 Å². The smallest absolute Gasteiger partial charge is 0.277 e. The molecule has 0 amide bonds. The van der Waals surface area contributed by atoms with Crippen LogP contribution < -0.4 is 0 Å². The maximum atomic E-state index is 11.4. The molecule has 0 aromatic carbocycles. The van der Waals surface area contributed by atoms with E-state index in [2.05, 4.69) is 9.98 Å². The summed E-state index contributed by atoms with van der Waals surface area (Å²) in [4.78, 5) is 7.64. The van der Waals surface area contributed by atoms with Gasteiger partial charge in [0.2, 0.25) is 0 Å². The van der Waals surface area contributed by atoms with Crippen molar-refractivity contribution in [1.82, 2.24) is 0 Å². The van der Waals surface area contributed by atoms with Crippen molar-refractivity contribution in [3.8, 4) is 0 Å². The predicted octanol–water partition coefficient (Wildman–Crippen LogP) is 2.05. The number of hydrogen-bond acceptors (Lipinski definition) is 2. The Bertz CT molecular complexity index is 218. The third-order valence-corrected chi connectivity index (χ3v) is 3.49. The van der Waals surface area contributed by atoms with Crippen molar-refractivity contribution in [2.45, 2.75) is 25.4 Å². The molecule has 0 heterocycles. The molecule has 1 aliphatic carbocycles. The Balaban J connectivity index is 2.50. The minimum absolute atomic E-state index is 0.416. The average Bonchev–Trinajstić information content (AvgIpc) is 2.81. The summed E-state index contributed by atoms with van der Waals surface area (Å²) in [6.45, 7) is 1.80. The summed E-state index contributed by atoms with van der Waals surface area (Å²) in [6.07, 6.45) is 3.65. The standard InChI is InChI=1S/C7H12N2OP/c1-6(9-5-8-2)11(10)7-3-4-7/h5,7H,3-4H2,1-2H3/q+1. The summed E-state index contributed by atoms with van der Waals surface area (Å²) in [5, 5.41) is 0. The summed E-state index contributed by atoms with van der Waals surface area (Å²) in [6, 6.07) is 0. The van der Waals surface area contributed by atoms with E-state index in [0.29, 0.717) is 5.66 Å². The van der Waals surface area contributed by atoms with Crippen molar-refractivity contribution < 1.29 is 4.57 Å². The van der Waals surface area contributed by atoms with Crippen LogP contribution in [0, 0.1) is 0 Å². The molecule has 0 saturated heterocycles. The van der Waals surface area contributed by atoms with Crippen molar-refractivity contribution in [2.75, 3.05) is 7.05 Å². The van der Waals surface area contributed by atoms with E-state index in [-0.39, 0.29) is 0 Å². The van der Waals surface area contributed by atoms with E-state index in [4.69, 9.17) is 0 Å². The van der Waals surface area contributed by atoms with Crippen LogP contribution in [0.2, 0.25) is 0 Å². The summed E-state index contributed by atoms with van der Waals surface area (Å²) in [5.74, 6) is 0. The van der Waals surface area contributed by atoms with Crippen molar-refractivity contribution >= 4 is 19.6 Å². The van der Waals surface area contributed by atoms with Crippen LogP contribution in [0.3, 0.4) is 0 Å². The predicted molar refractivity (Wildman–Crippen MR) is 48.2 cm³/mol.